The van der Waals surface area contributed by atoms with Crippen molar-refractivity contribution in [1.82, 2.24) is 5.43 Å². The van der Waals surface area contributed by atoms with Crippen molar-refractivity contribution >= 4 is 0 Å². The molecule has 3 N–H and O–H groups in total. The van der Waals surface area contributed by atoms with Crippen LogP contribution < -0.4 is 11.3 Å². The fraction of sp³-hybridized carbons (Fsp3) is 0.538. The van der Waals surface area contributed by atoms with E-state index in [9.17, 15) is 0 Å². The third kappa shape index (κ3) is 2.21. The molecule has 15 heavy (non-hydrogen) atoms. The zero-order valence-electron chi connectivity index (χ0n) is 9.37. The van der Waals surface area contributed by atoms with Gasteiger partial charge in [-0.2, -0.15) is 0 Å². The van der Waals surface area contributed by atoms with Crippen molar-refractivity contribution in [1.29, 1.82) is 0 Å². The molecule has 1 aliphatic carbocycles. The van der Waals surface area contributed by atoms with E-state index in [-0.39, 0.29) is 0 Å². The molecule has 2 heteroatoms. The van der Waals surface area contributed by atoms with Gasteiger partial charge in [0.05, 0.1) is 0 Å². The van der Waals surface area contributed by atoms with Crippen LogP contribution in [0, 0.1) is 5.92 Å². The lowest BCUT2D eigenvalue weighted by Gasteiger charge is -2.33. The molecule has 1 unspecified atom stereocenters. The Morgan fingerprint density at radius 1 is 1.33 bits per heavy atom. The minimum Gasteiger partial charge on any atom is -0.271 e. The zero-order chi connectivity index (χ0) is 10.7. The molecule has 0 bridgehead atoms. The van der Waals surface area contributed by atoms with E-state index in [1.807, 2.05) is 0 Å². The molecule has 1 aliphatic rings. The number of benzene rings is 1. The van der Waals surface area contributed by atoms with Gasteiger partial charge in [-0.05, 0) is 36.3 Å². The maximum atomic E-state index is 5.64. The molecule has 1 saturated carbocycles. The standard InChI is InChI=1S/C13H20N2/c1-2-10-6-8-12(9-7-10)13(15-14)11-4-3-5-11/h6-9,11,13,15H,2-5,14H2,1H3. The second-order valence-electron chi connectivity index (χ2n) is 4.43. The predicted molar refractivity (Wildman–Crippen MR) is 63.2 cm³/mol. The van der Waals surface area contributed by atoms with Crippen LogP contribution in [-0.2, 0) is 6.42 Å². The van der Waals surface area contributed by atoms with Crippen LogP contribution >= 0.6 is 0 Å². The Hall–Kier alpha value is -0.860. The van der Waals surface area contributed by atoms with Crippen molar-refractivity contribution in [2.24, 2.45) is 11.8 Å². The molecule has 0 aromatic heterocycles. The topological polar surface area (TPSA) is 38.0 Å². The lowest BCUT2D eigenvalue weighted by molar-refractivity contribution is 0.232. The largest absolute Gasteiger partial charge is 0.271 e. The Labute approximate surface area is 91.8 Å². The first kappa shape index (κ1) is 10.7. The average molecular weight is 204 g/mol. The highest BCUT2D eigenvalue weighted by Crippen LogP contribution is 2.37. The van der Waals surface area contributed by atoms with Gasteiger partial charge >= 0.3 is 0 Å². The molecule has 0 saturated heterocycles. The van der Waals surface area contributed by atoms with Crippen molar-refractivity contribution < 1.29 is 0 Å². The summed E-state index contributed by atoms with van der Waals surface area (Å²) in [5.41, 5.74) is 5.68. The molecule has 82 valence electrons. The Bertz CT molecular complexity index is 301. The zero-order valence-corrected chi connectivity index (χ0v) is 9.37. The van der Waals surface area contributed by atoms with Crippen LogP contribution in [-0.4, -0.2) is 0 Å². The summed E-state index contributed by atoms with van der Waals surface area (Å²) in [5, 5.41) is 0. The molecular formula is C13H20N2. The van der Waals surface area contributed by atoms with E-state index in [0.29, 0.717) is 6.04 Å². The van der Waals surface area contributed by atoms with Crippen LogP contribution in [0.1, 0.15) is 43.4 Å². The maximum absolute atomic E-state index is 5.64. The molecule has 0 heterocycles. The number of hydrogen-bond acceptors (Lipinski definition) is 2. The fourth-order valence-electron chi connectivity index (χ4n) is 2.24. The molecular weight excluding hydrogens is 184 g/mol. The minimum absolute atomic E-state index is 0.352. The first-order chi connectivity index (χ1) is 7.35. The third-order valence-corrected chi connectivity index (χ3v) is 3.55. The minimum atomic E-state index is 0.352. The van der Waals surface area contributed by atoms with E-state index in [4.69, 9.17) is 5.84 Å². The lowest BCUT2D eigenvalue weighted by atomic mass is 9.77. The van der Waals surface area contributed by atoms with Crippen LogP contribution in [0.25, 0.3) is 0 Å². The fourth-order valence-corrected chi connectivity index (χ4v) is 2.24. The lowest BCUT2D eigenvalue weighted by Crippen LogP contribution is -2.36. The van der Waals surface area contributed by atoms with E-state index < -0.39 is 0 Å². The molecule has 1 atom stereocenters. The summed E-state index contributed by atoms with van der Waals surface area (Å²) in [6.07, 6.45) is 5.08. The highest BCUT2D eigenvalue weighted by atomic mass is 15.2. The summed E-state index contributed by atoms with van der Waals surface area (Å²) in [4.78, 5) is 0. The number of hydrazine groups is 1. The van der Waals surface area contributed by atoms with Gasteiger partial charge in [0.15, 0.2) is 0 Å². The molecule has 1 aromatic carbocycles. The number of nitrogens with two attached hydrogens (primary N) is 1. The average Bonchev–Trinajstić information content (AvgIpc) is 2.23. The molecule has 0 spiro atoms. The number of aryl methyl sites for hydroxylation is 1. The third-order valence-electron chi connectivity index (χ3n) is 3.55. The summed E-state index contributed by atoms with van der Waals surface area (Å²) in [6.45, 7) is 2.18. The van der Waals surface area contributed by atoms with Gasteiger partial charge in [0.2, 0.25) is 0 Å². The maximum Gasteiger partial charge on any atom is 0.0488 e. The summed E-state index contributed by atoms with van der Waals surface area (Å²) in [6, 6.07) is 9.18. The van der Waals surface area contributed by atoms with Crippen LogP contribution in [0.5, 0.6) is 0 Å². The van der Waals surface area contributed by atoms with Crippen LogP contribution in [0.4, 0.5) is 0 Å². The van der Waals surface area contributed by atoms with E-state index in [1.165, 1.54) is 30.4 Å². The molecule has 0 radical (unpaired) electrons. The van der Waals surface area contributed by atoms with Crippen molar-refractivity contribution in [3.05, 3.63) is 35.4 Å². The van der Waals surface area contributed by atoms with E-state index in [0.717, 1.165) is 12.3 Å². The first-order valence-corrected chi connectivity index (χ1v) is 5.90. The van der Waals surface area contributed by atoms with Crippen molar-refractivity contribution in [2.75, 3.05) is 0 Å². The van der Waals surface area contributed by atoms with E-state index >= 15 is 0 Å². The van der Waals surface area contributed by atoms with E-state index in [2.05, 4.69) is 36.6 Å². The normalized spacial score (nSPS) is 18.5. The summed E-state index contributed by atoms with van der Waals surface area (Å²) < 4.78 is 0. The predicted octanol–water partition coefficient (Wildman–Crippen LogP) is 2.55. The summed E-state index contributed by atoms with van der Waals surface area (Å²) >= 11 is 0. The molecule has 1 fully saturated rings. The van der Waals surface area contributed by atoms with Gasteiger partial charge in [0, 0.05) is 6.04 Å². The molecule has 0 aliphatic heterocycles. The van der Waals surface area contributed by atoms with Crippen LogP contribution in [0.15, 0.2) is 24.3 Å². The Balaban J connectivity index is 2.11. The second kappa shape index (κ2) is 4.77. The Morgan fingerprint density at radius 2 is 2.00 bits per heavy atom. The smallest absolute Gasteiger partial charge is 0.0488 e. The van der Waals surface area contributed by atoms with Crippen molar-refractivity contribution in [3.63, 3.8) is 0 Å². The second-order valence-corrected chi connectivity index (χ2v) is 4.43. The molecule has 2 nitrogen and oxygen atoms in total. The SMILES string of the molecule is CCc1ccc(C(NN)C2CCC2)cc1. The highest BCUT2D eigenvalue weighted by Gasteiger charge is 2.27. The summed E-state index contributed by atoms with van der Waals surface area (Å²) in [7, 11) is 0. The summed E-state index contributed by atoms with van der Waals surface area (Å²) in [5.74, 6) is 6.37. The number of rotatable bonds is 4. The van der Waals surface area contributed by atoms with Gasteiger partial charge < -0.3 is 0 Å². The molecule has 2 rings (SSSR count). The van der Waals surface area contributed by atoms with Crippen LogP contribution in [0.3, 0.4) is 0 Å². The monoisotopic (exact) mass is 204 g/mol. The first-order valence-electron chi connectivity index (χ1n) is 5.90. The van der Waals surface area contributed by atoms with Gasteiger partial charge in [0.1, 0.15) is 0 Å². The molecule has 1 aromatic rings. The van der Waals surface area contributed by atoms with Gasteiger partial charge in [-0.3, -0.25) is 11.3 Å². The van der Waals surface area contributed by atoms with Crippen molar-refractivity contribution in [2.45, 2.75) is 38.6 Å². The van der Waals surface area contributed by atoms with Gasteiger partial charge in [-0.1, -0.05) is 37.6 Å². The van der Waals surface area contributed by atoms with Crippen LogP contribution in [0.2, 0.25) is 0 Å². The number of nitrogens with one attached hydrogen (secondary N) is 1. The highest BCUT2D eigenvalue weighted by molar-refractivity contribution is 5.25. The quantitative estimate of drug-likeness (QED) is 0.584. The van der Waals surface area contributed by atoms with Gasteiger partial charge in [0.25, 0.3) is 0 Å². The Morgan fingerprint density at radius 3 is 2.40 bits per heavy atom. The van der Waals surface area contributed by atoms with E-state index in [1.54, 1.807) is 0 Å². The Kier molecular flexibility index (Phi) is 3.39. The number of hydrogen-bond donors (Lipinski definition) is 2. The van der Waals surface area contributed by atoms with Gasteiger partial charge in [-0.25, -0.2) is 0 Å². The van der Waals surface area contributed by atoms with Gasteiger partial charge in [-0.15, -0.1) is 0 Å². The molecule has 0 amide bonds. The van der Waals surface area contributed by atoms with Crippen molar-refractivity contribution in [3.8, 4) is 0 Å².